The van der Waals surface area contributed by atoms with Crippen molar-refractivity contribution >= 4 is 11.7 Å². The van der Waals surface area contributed by atoms with Crippen molar-refractivity contribution in [3.8, 4) is 5.88 Å². The highest BCUT2D eigenvalue weighted by atomic mass is 16.5. The van der Waals surface area contributed by atoms with Gasteiger partial charge in [-0.25, -0.2) is 0 Å². The maximum absolute atomic E-state index is 12.4. The lowest BCUT2D eigenvalue weighted by atomic mass is 9.94. The van der Waals surface area contributed by atoms with Crippen LogP contribution in [0.1, 0.15) is 56.8 Å². The highest BCUT2D eigenvalue weighted by Gasteiger charge is 2.25. The van der Waals surface area contributed by atoms with Gasteiger partial charge in [0.05, 0.1) is 17.9 Å². The second kappa shape index (κ2) is 11.4. The number of hydrogen-bond donors (Lipinski definition) is 1. The van der Waals surface area contributed by atoms with Gasteiger partial charge in [0.2, 0.25) is 5.88 Å². The molecule has 0 aromatic carbocycles. The van der Waals surface area contributed by atoms with E-state index in [1.807, 2.05) is 12.1 Å². The van der Waals surface area contributed by atoms with E-state index in [2.05, 4.69) is 37.1 Å². The van der Waals surface area contributed by atoms with Crippen molar-refractivity contribution in [3.05, 3.63) is 29.6 Å². The van der Waals surface area contributed by atoms with Gasteiger partial charge in [-0.05, 0) is 31.4 Å². The summed E-state index contributed by atoms with van der Waals surface area (Å²) in [6.07, 6.45) is 8.82. The SMILES string of the molecule is CCCc1cc(CN(C)C(=O)COc2ccc(N3CCN(C4CCCCC4)CC3)nn2)[nH]n1. The third-order valence-electron chi connectivity index (χ3n) is 6.72. The number of ether oxygens (including phenoxy) is 1. The van der Waals surface area contributed by atoms with Gasteiger partial charge in [0.15, 0.2) is 12.4 Å². The number of aryl methyl sites for hydroxylation is 1. The summed E-state index contributed by atoms with van der Waals surface area (Å²) in [6.45, 7) is 6.64. The molecule has 1 amide bonds. The van der Waals surface area contributed by atoms with E-state index in [4.69, 9.17) is 4.74 Å². The van der Waals surface area contributed by atoms with Gasteiger partial charge in [-0.2, -0.15) is 5.10 Å². The molecule has 0 spiro atoms. The first-order chi connectivity index (χ1) is 16.1. The molecule has 1 aliphatic heterocycles. The first-order valence-electron chi connectivity index (χ1n) is 12.3. The van der Waals surface area contributed by atoms with Crippen LogP contribution < -0.4 is 9.64 Å². The van der Waals surface area contributed by atoms with Crippen LogP contribution in [0.25, 0.3) is 0 Å². The minimum atomic E-state index is -0.119. The third kappa shape index (κ3) is 6.43. The molecule has 0 bridgehead atoms. The summed E-state index contributed by atoms with van der Waals surface area (Å²) in [5.41, 5.74) is 1.94. The van der Waals surface area contributed by atoms with E-state index in [1.165, 1.54) is 32.1 Å². The van der Waals surface area contributed by atoms with Gasteiger partial charge in [-0.15, -0.1) is 10.2 Å². The van der Waals surface area contributed by atoms with Crippen LogP contribution in [-0.2, 0) is 17.8 Å². The number of piperazine rings is 1. The summed E-state index contributed by atoms with van der Waals surface area (Å²) in [7, 11) is 1.76. The van der Waals surface area contributed by atoms with Crippen LogP contribution >= 0.6 is 0 Å². The number of H-pyrrole nitrogens is 1. The average molecular weight is 456 g/mol. The number of aromatic nitrogens is 4. The number of amides is 1. The number of carbonyl (C=O) groups is 1. The number of likely N-dealkylation sites (N-methyl/N-ethyl adjacent to an activating group) is 1. The van der Waals surface area contributed by atoms with Crippen molar-refractivity contribution in [1.29, 1.82) is 0 Å². The van der Waals surface area contributed by atoms with E-state index >= 15 is 0 Å². The molecule has 2 aliphatic rings. The van der Waals surface area contributed by atoms with Gasteiger partial charge >= 0.3 is 0 Å². The fourth-order valence-corrected chi connectivity index (χ4v) is 4.79. The standard InChI is InChI=1S/C24H37N7O2/c1-3-7-19-16-20(26-25-19)17-29(2)24(32)18-33-23-11-10-22(27-28-23)31-14-12-30(13-15-31)21-8-5-4-6-9-21/h10-11,16,21H,3-9,12-15,17-18H2,1-2H3,(H,25,26). The number of aromatic amines is 1. The Bertz CT molecular complexity index is 871. The second-order valence-electron chi connectivity index (χ2n) is 9.22. The topological polar surface area (TPSA) is 90.5 Å². The maximum Gasteiger partial charge on any atom is 0.260 e. The molecule has 33 heavy (non-hydrogen) atoms. The van der Waals surface area contributed by atoms with Crippen molar-refractivity contribution in [3.63, 3.8) is 0 Å². The van der Waals surface area contributed by atoms with E-state index in [9.17, 15) is 4.79 Å². The summed E-state index contributed by atoms with van der Waals surface area (Å²) in [6, 6.07) is 6.51. The molecule has 1 aliphatic carbocycles. The van der Waals surface area contributed by atoms with Crippen molar-refractivity contribution in [2.45, 2.75) is 64.5 Å². The van der Waals surface area contributed by atoms with Crippen LogP contribution in [0.5, 0.6) is 5.88 Å². The Morgan fingerprint density at radius 2 is 1.94 bits per heavy atom. The van der Waals surface area contributed by atoms with Gasteiger partial charge in [0, 0.05) is 45.3 Å². The predicted molar refractivity (Wildman–Crippen MR) is 127 cm³/mol. The third-order valence-corrected chi connectivity index (χ3v) is 6.72. The van der Waals surface area contributed by atoms with Gasteiger partial charge in [-0.1, -0.05) is 32.6 Å². The molecule has 180 valence electrons. The number of nitrogens with one attached hydrogen (secondary N) is 1. The Morgan fingerprint density at radius 3 is 2.64 bits per heavy atom. The summed E-state index contributed by atoms with van der Waals surface area (Å²) < 4.78 is 5.59. The second-order valence-corrected chi connectivity index (χ2v) is 9.22. The fourth-order valence-electron chi connectivity index (χ4n) is 4.79. The van der Waals surface area contributed by atoms with Crippen molar-refractivity contribution in [2.24, 2.45) is 0 Å². The number of rotatable bonds is 9. The highest BCUT2D eigenvalue weighted by Crippen LogP contribution is 2.24. The van der Waals surface area contributed by atoms with Gasteiger partial charge in [0.1, 0.15) is 0 Å². The summed E-state index contributed by atoms with van der Waals surface area (Å²) in [4.78, 5) is 19.0. The first-order valence-corrected chi connectivity index (χ1v) is 12.3. The van der Waals surface area contributed by atoms with Crippen LogP contribution in [0.2, 0.25) is 0 Å². The zero-order chi connectivity index (χ0) is 23.0. The Kier molecular flexibility index (Phi) is 8.15. The molecule has 4 rings (SSSR count). The fraction of sp³-hybridized carbons (Fsp3) is 0.667. The molecular formula is C24H37N7O2. The molecule has 0 radical (unpaired) electrons. The summed E-state index contributed by atoms with van der Waals surface area (Å²) in [5, 5.41) is 15.8. The van der Waals surface area contributed by atoms with E-state index in [0.717, 1.165) is 62.3 Å². The molecule has 3 heterocycles. The summed E-state index contributed by atoms with van der Waals surface area (Å²) in [5.74, 6) is 1.12. The van der Waals surface area contributed by atoms with E-state index in [0.29, 0.717) is 12.4 Å². The summed E-state index contributed by atoms with van der Waals surface area (Å²) >= 11 is 0. The predicted octanol–water partition coefficient (Wildman–Crippen LogP) is 2.64. The minimum Gasteiger partial charge on any atom is -0.466 e. The number of nitrogens with zero attached hydrogens (tertiary/aromatic N) is 6. The van der Waals surface area contributed by atoms with E-state index < -0.39 is 0 Å². The molecular weight excluding hydrogens is 418 g/mol. The minimum absolute atomic E-state index is 0.0689. The number of anilines is 1. The van der Waals surface area contributed by atoms with Gasteiger partial charge in [-0.3, -0.25) is 14.8 Å². The normalized spacial score (nSPS) is 17.8. The maximum atomic E-state index is 12.4. The molecule has 1 N–H and O–H groups in total. The molecule has 9 nitrogen and oxygen atoms in total. The molecule has 0 unspecified atom stereocenters. The molecule has 0 atom stereocenters. The molecule has 1 saturated carbocycles. The number of carbonyl (C=O) groups excluding carboxylic acids is 1. The Morgan fingerprint density at radius 1 is 1.15 bits per heavy atom. The quantitative estimate of drug-likeness (QED) is 0.622. The monoisotopic (exact) mass is 455 g/mol. The van der Waals surface area contributed by atoms with Gasteiger partial charge < -0.3 is 14.5 Å². The van der Waals surface area contributed by atoms with Crippen molar-refractivity contribution in [2.75, 3.05) is 44.7 Å². The van der Waals surface area contributed by atoms with E-state index in [-0.39, 0.29) is 12.5 Å². The van der Waals surface area contributed by atoms with Crippen LogP contribution in [0.3, 0.4) is 0 Å². The van der Waals surface area contributed by atoms with E-state index in [1.54, 1.807) is 18.0 Å². The largest absolute Gasteiger partial charge is 0.466 e. The Hall–Kier alpha value is -2.68. The van der Waals surface area contributed by atoms with Crippen LogP contribution in [0.4, 0.5) is 5.82 Å². The molecule has 2 aromatic heterocycles. The zero-order valence-corrected chi connectivity index (χ0v) is 20.0. The van der Waals surface area contributed by atoms with Crippen molar-refractivity contribution in [1.82, 2.24) is 30.2 Å². The van der Waals surface area contributed by atoms with Crippen LogP contribution in [0, 0.1) is 0 Å². The van der Waals surface area contributed by atoms with Crippen LogP contribution in [-0.4, -0.2) is 82.0 Å². The lowest BCUT2D eigenvalue weighted by Crippen LogP contribution is -2.51. The Balaban J connectivity index is 1.20. The van der Waals surface area contributed by atoms with Gasteiger partial charge in [0.25, 0.3) is 5.91 Å². The first kappa shape index (κ1) is 23.5. The highest BCUT2D eigenvalue weighted by molar-refractivity contribution is 5.77. The van der Waals surface area contributed by atoms with Crippen LogP contribution in [0.15, 0.2) is 18.2 Å². The molecule has 9 heteroatoms. The zero-order valence-electron chi connectivity index (χ0n) is 20.0. The lowest BCUT2D eigenvalue weighted by molar-refractivity contribution is -0.132. The van der Waals surface area contributed by atoms with Crippen molar-refractivity contribution < 1.29 is 9.53 Å². The Labute approximate surface area is 196 Å². The number of hydrogen-bond acceptors (Lipinski definition) is 7. The average Bonchev–Trinajstić information content (AvgIpc) is 3.30. The molecule has 1 saturated heterocycles. The smallest absolute Gasteiger partial charge is 0.260 e. The lowest BCUT2D eigenvalue weighted by Gasteiger charge is -2.41. The molecule has 2 fully saturated rings. The molecule has 2 aromatic rings.